The molecule has 0 aliphatic heterocycles. The van der Waals surface area contributed by atoms with E-state index in [1.54, 1.807) is 12.1 Å². The van der Waals surface area contributed by atoms with Crippen molar-refractivity contribution < 1.29 is 9.90 Å². The molecular weight excluding hydrogens is 324 g/mol. The lowest BCUT2D eigenvalue weighted by molar-refractivity contribution is -0.131. The van der Waals surface area contributed by atoms with E-state index < -0.39 is 5.97 Å². The lowest BCUT2D eigenvalue weighted by Crippen LogP contribution is -2.03. The van der Waals surface area contributed by atoms with Crippen LogP contribution in [-0.2, 0) is 4.79 Å². The monoisotopic (exact) mass is 346 g/mol. The molecule has 0 aromatic heterocycles. The zero-order valence-electron chi connectivity index (χ0n) is 14.6. The first-order chi connectivity index (χ1) is 12.7. The van der Waals surface area contributed by atoms with Gasteiger partial charge in [0.15, 0.2) is 0 Å². The number of nitrogens with zero attached hydrogens (tertiary/aromatic N) is 2. The number of benzene rings is 2. The molecule has 1 N–H and O–H groups in total. The van der Waals surface area contributed by atoms with Gasteiger partial charge in [-0.15, -0.1) is 0 Å². The maximum atomic E-state index is 10.7. The minimum absolute atomic E-state index is 0.632. The predicted octanol–water partition coefficient (Wildman–Crippen LogP) is 5.97. The van der Waals surface area contributed by atoms with Crippen LogP contribution in [0.2, 0.25) is 0 Å². The van der Waals surface area contributed by atoms with Gasteiger partial charge in [-0.25, -0.2) is 4.79 Å². The maximum absolute atomic E-state index is 10.7. The molecule has 26 heavy (non-hydrogen) atoms. The molecule has 2 aromatic carbocycles. The zero-order valence-corrected chi connectivity index (χ0v) is 14.6. The topological polar surface area (TPSA) is 62.0 Å². The summed E-state index contributed by atoms with van der Waals surface area (Å²) >= 11 is 0. The van der Waals surface area contributed by atoms with Crippen molar-refractivity contribution in [2.24, 2.45) is 9.98 Å². The van der Waals surface area contributed by atoms with Crippen LogP contribution in [0.15, 0.2) is 64.6 Å². The molecule has 0 bridgehead atoms. The van der Waals surface area contributed by atoms with Gasteiger partial charge in [0.25, 0.3) is 0 Å². The van der Waals surface area contributed by atoms with Crippen LogP contribution in [0.25, 0.3) is 6.08 Å². The number of aliphatic imine (C=N–C) groups is 2. The summed E-state index contributed by atoms with van der Waals surface area (Å²) in [6.45, 7) is 0. The van der Waals surface area contributed by atoms with E-state index in [0.717, 1.165) is 11.8 Å². The molecule has 2 aromatic rings. The third kappa shape index (κ3) is 5.01. The van der Waals surface area contributed by atoms with E-state index in [0.29, 0.717) is 17.2 Å². The van der Waals surface area contributed by atoms with E-state index in [-0.39, 0.29) is 0 Å². The molecule has 1 fully saturated rings. The summed E-state index contributed by atoms with van der Waals surface area (Å²) in [5, 5.41) is 8.76. The number of hydrogen-bond donors (Lipinski definition) is 1. The average molecular weight is 346 g/mol. The number of hydrogen-bond acceptors (Lipinski definition) is 3. The van der Waals surface area contributed by atoms with Crippen molar-refractivity contribution in [1.29, 1.82) is 0 Å². The average Bonchev–Trinajstić information content (AvgIpc) is 2.68. The van der Waals surface area contributed by atoms with Gasteiger partial charge in [-0.2, -0.15) is 9.98 Å². The second-order valence-electron chi connectivity index (χ2n) is 6.48. The second-order valence-corrected chi connectivity index (χ2v) is 6.48. The highest BCUT2D eigenvalue weighted by Gasteiger charge is 2.14. The lowest BCUT2D eigenvalue weighted by atomic mass is 9.84. The van der Waals surface area contributed by atoms with Crippen molar-refractivity contribution >= 4 is 29.4 Å². The number of carbonyl (C=O) groups is 1. The van der Waals surface area contributed by atoms with Crippen molar-refractivity contribution in [3.05, 3.63) is 65.7 Å². The third-order valence-corrected chi connectivity index (χ3v) is 4.66. The zero-order chi connectivity index (χ0) is 18.2. The minimum Gasteiger partial charge on any atom is -0.478 e. The highest BCUT2D eigenvalue weighted by Crippen LogP contribution is 2.33. The Morgan fingerprint density at radius 2 is 1.73 bits per heavy atom. The standard InChI is InChI=1S/C22H22N2O2/c25-22(26)15-12-19-8-4-5-9-21(19)24-16-23-20-13-10-18(11-14-20)17-6-2-1-3-7-17/h4-5,8-15,17H,1-3,6-7H2,(H,25,26). The van der Waals surface area contributed by atoms with Crippen molar-refractivity contribution in [3.63, 3.8) is 0 Å². The molecule has 1 saturated carbocycles. The van der Waals surface area contributed by atoms with Gasteiger partial charge in [0.1, 0.15) is 6.01 Å². The summed E-state index contributed by atoms with van der Waals surface area (Å²) in [5.74, 6) is -0.307. The summed E-state index contributed by atoms with van der Waals surface area (Å²) in [6, 6.07) is 18.3. The Morgan fingerprint density at radius 1 is 1.00 bits per heavy atom. The van der Waals surface area contributed by atoms with Crippen LogP contribution in [-0.4, -0.2) is 17.1 Å². The smallest absolute Gasteiger partial charge is 0.328 e. The van der Waals surface area contributed by atoms with Crippen LogP contribution in [0.3, 0.4) is 0 Å². The van der Waals surface area contributed by atoms with E-state index in [2.05, 4.69) is 28.1 Å². The Labute approximate surface area is 153 Å². The maximum Gasteiger partial charge on any atom is 0.328 e. The summed E-state index contributed by atoms with van der Waals surface area (Å²) in [7, 11) is 0. The Hall–Kier alpha value is -2.97. The molecule has 4 heteroatoms. The lowest BCUT2D eigenvalue weighted by Gasteiger charge is -2.21. The van der Waals surface area contributed by atoms with Crippen LogP contribution < -0.4 is 0 Å². The summed E-state index contributed by atoms with van der Waals surface area (Å²) in [4.78, 5) is 19.2. The molecule has 0 saturated heterocycles. The van der Waals surface area contributed by atoms with Gasteiger partial charge >= 0.3 is 5.97 Å². The number of aliphatic carboxylic acids is 1. The second kappa shape index (κ2) is 8.93. The Bertz CT molecular complexity index is 841. The van der Waals surface area contributed by atoms with E-state index in [1.165, 1.54) is 43.7 Å². The Balaban J connectivity index is 1.72. The minimum atomic E-state index is -0.990. The van der Waals surface area contributed by atoms with Gasteiger partial charge in [-0.3, -0.25) is 0 Å². The first-order valence-corrected chi connectivity index (χ1v) is 8.99. The number of carboxylic acids is 1. The van der Waals surface area contributed by atoms with E-state index >= 15 is 0 Å². The molecule has 4 nitrogen and oxygen atoms in total. The predicted molar refractivity (Wildman–Crippen MR) is 105 cm³/mol. The van der Waals surface area contributed by atoms with Crippen LogP contribution in [0.4, 0.5) is 11.4 Å². The normalized spacial score (nSPS) is 14.8. The van der Waals surface area contributed by atoms with Crippen molar-refractivity contribution in [1.82, 2.24) is 0 Å². The summed E-state index contributed by atoms with van der Waals surface area (Å²) in [6.07, 6.45) is 9.19. The van der Waals surface area contributed by atoms with Crippen molar-refractivity contribution in [2.45, 2.75) is 38.0 Å². The van der Waals surface area contributed by atoms with E-state index in [4.69, 9.17) is 5.11 Å². The van der Waals surface area contributed by atoms with Gasteiger partial charge in [0.2, 0.25) is 0 Å². The fourth-order valence-electron chi connectivity index (χ4n) is 3.28. The fourth-order valence-corrected chi connectivity index (χ4v) is 3.28. The Kier molecular flexibility index (Phi) is 6.13. The summed E-state index contributed by atoms with van der Waals surface area (Å²) < 4.78 is 0. The molecule has 1 aliphatic rings. The van der Waals surface area contributed by atoms with E-state index in [1.807, 2.05) is 24.3 Å². The van der Waals surface area contributed by atoms with Crippen molar-refractivity contribution in [2.75, 3.05) is 0 Å². The molecule has 0 spiro atoms. The fraction of sp³-hybridized carbons (Fsp3) is 0.273. The third-order valence-electron chi connectivity index (χ3n) is 4.66. The van der Waals surface area contributed by atoms with Gasteiger partial charge in [-0.1, -0.05) is 49.6 Å². The molecule has 3 rings (SSSR count). The van der Waals surface area contributed by atoms with Crippen LogP contribution in [0, 0.1) is 0 Å². The van der Waals surface area contributed by atoms with E-state index in [9.17, 15) is 4.79 Å². The molecule has 132 valence electrons. The molecule has 0 amide bonds. The summed E-state index contributed by atoms with van der Waals surface area (Å²) in [5.41, 5.74) is 3.55. The quantitative estimate of drug-likeness (QED) is 0.535. The molecule has 1 aliphatic carbocycles. The highest BCUT2D eigenvalue weighted by atomic mass is 16.4. The van der Waals surface area contributed by atoms with Crippen molar-refractivity contribution in [3.8, 4) is 0 Å². The Morgan fingerprint density at radius 3 is 2.46 bits per heavy atom. The van der Waals surface area contributed by atoms with Gasteiger partial charge in [0.05, 0.1) is 11.4 Å². The van der Waals surface area contributed by atoms with Crippen LogP contribution in [0.1, 0.15) is 49.1 Å². The van der Waals surface area contributed by atoms with Gasteiger partial charge in [0, 0.05) is 11.6 Å². The van der Waals surface area contributed by atoms with Crippen LogP contribution in [0.5, 0.6) is 0 Å². The highest BCUT2D eigenvalue weighted by molar-refractivity contribution is 5.86. The number of carboxylic acid groups (broad SMARTS) is 1. The first-order valence-electron chi connectivity index (χ1n) is 8.99. The molecule has 0 atom stereocenters. The molecule has 0 heterocycles. The SMILES string of the molecule is O=C(O)C=Cc1ccccc1N=C=Nc1ccc(C2CCCCC2)cc1. The number of para-hydroxylation sites is 1. The molecular formula is C22H22N2O2. The van der Waals surface area contributed by atoms with Gasteiger partial charge < -0.3 is 5.11 Å². The van der Waals surface area contributed by atoms with Gasteiger partial charge in [-0.05, 0) is 48.6 Å². The van der Waals surface area contributed by atoms with Crippen LogP contribution >= 0.6 is 0 Å². The number of rotatable bonds is 5. The molecule has 0 unspecified atom stereocenters. The molecule has 0 radical (unpaired) electrons. The largest absolute Gasteiger partial charge is 0.478 e. The first kappa shape index (κ1) is 17.8.